The number of nitrogens with zero attached hydrogens (tertiary/aromatic N) is 2. The van der Waals surface area contributed by atoms with E-state index in [1.807, 2.05) is 72.5 Å². The van der Waals surface area contributed by atoms with Crippen molar-refractivity contribution in [3.05, 3.63) is 107 Å². The molecule has 0 spiro atoms. The van der Waals surface area contributed by atoms with Crippen molar-refractivity contribution in [2.45, 2.75) is 58.0 Å². The van der Waals surface area contributed by atoms with Crippen molar-refractivity contribution in [3.63, 3.8) is 0 Å². The van der Waals surface area contributed by atoms with E-state index in [9.17, 15) is 14.4 Å². The summed E-state index contributed by atoms with van der Waals surface area (Å²) in [6.45, 7) is 3.48. The molecule has 7 heteroatoms. The minimum Gasteiger partial charge on any atom is -0.481 e. The van der Waals surface area contributed by atoms with E-state index in [1.54, 1.807) is 29.2 Å². The monoisotopic (exact) mass is 548 g/mol. The Bertz CT molecular complexity index is 1190. The zero-order chi connectivity index (χ0) is 28.0. The predicted molar refractivity (Wildman–Crippen MR) is 155 cm³/mol. The molecule has 206 valence electrons. The summed E-state index contributed by atoms with van der Waals surface area (Å²) < 4.78 is 0. The summed E-state index contributed by atoms with van der Waals surface area (Å²) in [6.07, 6.45) is 3.11. The average Bonchev–Trinajstić information content (AvgIpc) is 2.95. The van der Waals surface area contributed by atoms with Crippen LogP contribution in [0.25, 0.3) is 0 Å². The minimum absolute atomic E-state index is 0.0241. The summed E-state index contributed by atoms with van der Waals surface area (Å²) in [5.41, 5.74) is 2.68. The fourth-order valence-corrected chi connectivity index (χ4v) is 4.68. The number of unbranched alkanes of at least 4 members (excludes halogenated alkanes) is 2. The summed E-state index contributed by atoms with van der Waals surface area (Å²) in [7, 11) is 0. The molecule has 39 heavy (non-hydrogen) atoms. The third kappa shape index (κ3) is 9.88. The summed E-state index contributed by atoms with van der Waals surface area (Å²) in [4.78, 5) is 41.1. The Balaban J connectivity index is 1.57. The Morgan fingerprint density at radius 3 is 2.05 bits per heavy atom. The number of carbonyl (C=O) groups is 3. The van der Waals surface area contributed by atoms with Crippen LogP contribution in [0.4, 0.5) is 0 Å². The maximum atomic E-state index is 13.4. The highest BCUT2D eigenvalue weighted by Gasteiger charge is 2.22. The molecule has 3 aromatic rings. The first-order chi connectivity index (χ1) is 18.8. The van der Waals surface area contributed by atoms with Gasteiger partial charge in [-0.25, -0.2) is 0 Å². The van der Waals surface area contributed by atoms with Crippen LogP contribution in [0.2, 0.25) is 5.02 Å². The molecule has 1 atom stereocenters. The Kier molecular flexibility index (Phi) is 12.0. The molecular weight excluding hydrogens is 512 g/mol. The van der Waals surface area contributed by atoms with Gasteiger partial charge < -0.3 is 14.9 Å². The topological polar surface area (TPSA) is 77.9 Å². The van der Waals surface area contributed by atoms with Crippen LogP contribution < -0.4 is 0 Å². The summed E-state index contributed by atoms with van der Waals surface area (Å²) >= 11 is 6.03. The lowest BCUT2D eigenvalue weighted by Gasteiger charge is -2.30. The number of carboxylic acids is 1. The molecular formula is C32H37ClN2O4. The minimum atomic E-state index is -0.857. The van der Waals surface area contributed by atoms with Crippen molar-refractivity contribution in [1.29, 1.82) is 0 Å². The molecule has 0 radical (unpaired) electrons. The van der Waals surface area contributed by atoms with E-state index in [0.717, 1.165) is 24.0 Å². The standard InChI is InChI=1S/C32H37ClN2O4/c1-25(27-14-7-3-8-15-27)35(32(39)28-18-20-29(33)21-19-28)23-10-4-9-16-30(36)34(22-11-17-31(37)38)24-26-12-5-2-6-13-26/h2-3,5-8,12-15,18-21,25H,4,9-11,16-17,22-24H2,1H3,(H,37,38). The molecule has 1 unspecified atom stereocenters. The second-order valence-corrected chi connectivity index (χ2v) is 10.1. The fourth-order valence-electron chi connectivity index (χ4n) is 4.55. The van der Waals surface area contributed by atoms with Crippen molar-refractivity contribution >= 4 is 29.4 Å². The Hall–Kier alpha value is -3.64. The summed E-state index contributed by atoms with van der Waals surface area (Å²) in [5.74, 6) is -0.882. The third-order valence-electron chi connectivity index (χ3n) is 6.78. The summed E-state index contributed by atoms with van der Waals surface area (Å²) in [5, 5.41) is 9.58. The Morgan fingerprint density at radius 1 is 0.769 bits per heavy atom. The van der Waals surface area contributed by atoms with E-state index in [1.165, 1.54) is 0 Å². The smallest absolute Gasteiger partial charge is 0.303 e. The number of amides is 2. The highest BCUT2D eigenvalue weighted by Crippen LogP contribution is 2.24. The van der Waals surface area contributed by atoms with Crippen molar-refractivity contribution in [2.24, 2.45) is 0 Å². The lowest BCUT2D eigenvalue weighted by molar-refractivity contribution is -0.138. The van der Waals surface area contributed by atoms with Gasteiger partial charge in [0.1, 0.15) is 0 Å². The first-order valence-electron chi connectivity index (χ1n) is 13.5. The van der Waals surface area contributed by atoms with Crippen LogP contribution in [0.15, 0.2) is 84.9 Å². The number of hydrogen-bond donors (Lipinski definition) is 1. The molecule has 0 fully saturated rings. The van der Waals surface area contributed by atoms with Gasteiger partial charge in [0.15, 0.2) is 0 Å². The number of hydrogen-bond acceptors (Lipinski definition) is 3. The number of rotatable bonds is 15. The molecule has 6 nitrogen and oxygen atoms in total. The van der Waals surface area contributed by atoms with E-state index in [4.69, 9.17) is 16.7 Å². The lowest BCUT2D eigenvalue weighted by Crippen LogP contribution is -2.34. The van der Waals surface area contributed by atoms with Crippen LogP contribution in [0.3, 0.4) is 0 Å². The highest BCUT2D eigenvalue weighted by atomic mass is 35.5. The first kappa shape index (κ1) is 29.9. The molecule has 0 saturated carbocycles. The van der Waals surface area contributed by atoms with Crippen LogP contribution in [0, 0.1) is 0 Å². The zero-order valence-corrected chi connectivity index (χ0v) is 23.2. The van der Waals surface area contributed by atoms with Crippen LogP contribution in [0.1, 0.15) is 73.0 Å². The summed E-state index contributed by atoms with van der Waals surface area (Å²) in [6, 6.07) is 26.5. The molecule has 0 aliphatic rings. The maximum Gasteiger partial charge on any atom is 0.303 e. The molecule has 1 N–H and O–H groups in total. The van der Waals surface area contributed by atoms with Crippen LogP contribution in [-0.2, 0) is 16.1 Å². The largest absolute Gasteiger partial charge is 0.481 e. The van der Waals surface area contributed by atoms with Crippen LogP contribution in [-0.4, -0.2) is 45.8 Å². The first-order valence-corrected chi connectivity index (χ1v) is 13.9. The maximum absolute atomic E-state index is 13.4. The van der Waals surface area contributed by atoms with Crippen LogP contribution in [0.5, 0.6) is 0 Å². The average molecular weight is 549 g/mol. The van der Waals surface area contributed by atoms with Crippen molar-refractivity contribution in [1.82, 2.24) is 9.80 Å². The van der Waals surface area contributed by atoms with E-state index >= 15 is 0 Å². The van der Waals surface area contributed by atoms with E-state index in [2.05, 4.69) is 0 Å². The lowest BCUT2D eigenvalue weighted by atomic mass is 10.0. The molecule has 0 aromatic heterocycles. The SMILES string of the molecule is CC(c1ccccc1)N(CCCCCC(=O)N(CCCC(=O)O)Cc1ccccc1)C(=O)c1ccc(Cl)cc1. The normalized spacial score (nSPS) is 11.5. The number of carboxylic acid groups (broad SMARTS) is 1. The van der Waals surface area contributed by atoms with Gasteiger partial charge in [-0.15, -0.1) is 0 Å². The van der Waals surface area contributed by atoms with Gasteiger partial charge in [0.25, 0.3) is 5.91 Å². The highest BCUT2D eigenvalue weighted by molar-refractivity contribution is 6.30. The van der Waals surface area contributed by atoms with E-state index in [-0.39, 0.29) is 24.3 Å². The van der Waals surface area contributed by atoms with Gasteiger partial charge >= 0.3 is 5.97 Å². The van der Waals surface area contributed by atoms with E-state index < -0.39 is 5.97 Å². The van der Waals surface area contributed by atoms with Crippen molar-refractivity contribution < 1.29 is 19.5 Å². The van der Waals surface area contributed by atoms with Gasteiger partial charge in [0.2, 0.25) is 5.91 Å². The number of halogens is 1. The van der Waals surface area contributed by atoms with E-state index in [0.29, 0.717) is 49.5 Å². The van der Waals surface area contributed by atoms with Crippen LogP contribution >= 0.6 is 11.6 Å². The zero-order valence-electron chi connectivity index (χ0n) is 22.5. The van der Waals surface area contributed by atoms with Gasteiger partial charge in [0.05, 0.1) is 6.04 Å². The number of benzene rings is 3. The molecule has 3 aromatic carbocycles. The Morgan fingerprint density at radius 2 is 1.41 bits per heavy atom. The van der Waals surface area contributed by atoms with Crippen molar-refractivity contribution in [3.8, 4) is 0 Å². The quantitative estimate of drug-likeness (QED) is 0.207. The predicted octanol–water partition coefficient (Wildman–Crippen LogP) is 7.00. The van der Waals surface area contributed by atoms with Crippen molar-refractivity contribution in [2.75, 3.05) is 13.1 Å². The molecule has 2 amide bonds. The Labute approximate surface area is 236 Å². The van der Waals surface area contributed by atoms with Gasteiger partial charge in [-0.05, 0) is 61.6 Å². The fraction of sp³-hybridized carbons (Fsp3) is 0.344. The molecule has 0 aliphatic heterocycles. The number of carbonyl (C=O) groups excluding carboxylic acids is 2. The van der Waals surface area contributed by atoms with Gasteiger partial charge in [-0.1, -0.05) is 78.7 Å². The molecule has 0 saturated heterocycles. The molecule has 0 heterocycles. The van der Waals surface area contributed by atoms with Gasteiger partial charge in [-0.2, -0.15) is 0 Å². The molecule has 3 rings (SSSR count). The number of aliphatic carboxylic acids is 1. The third-order valence-corrected chi connectivity index (χ3v) is 7.03. The second kappa shape index (κ2) is 15.7. The second-order valence-electron chi connectivity index (χ2n) is 9.70. The van der Waals surface area contributed by atoms with Gasteiger partial charge in [-0.3, -0.25) is 14.4 Å². The van der Waals surface area contributed by atoms with Gasteiger partial charge in [0, 0.05) is 43.1 Å². The molecule has 0 aliphatic carbocycles. The molecule has 0 bridgehead atoms.